The van der Waals surface area contributed by atoms with Gasteiger partial charge >= 0.3 is 5.97 Å². The van der Waals surface area contributed by atoms with Crippen LogP contribution in [-0.4, -0.2) is 11.1 Å². The Morgan fingerprint density at radius 2 is 1.83 bits per heavy atom. The van der Waals surface area contributed by atoms with Crippen molar-refractivity contribution in [1.29, 1.82) is 0 Å². The third kappa shape index (κ3) is 3.54. The molecule has 0 unspecified atom stereocenters. The van der Waals surface area contributed by atoms with E-state index in [0.29, 0.717) is 11.1 Å². The second-order valence-electron chi connectivity index (χ2n) is 6.32. The van der Waals surface area contributed by atoms with Crippen LogP contribution in [-0.2, 0) is 6.61 Å². The number of carboxylic acid groups (broad SMARTS) is 1. The van der Waals surface area contributed by atoms with Gasteiger partial charge in [-0.15, -0.1) is 0 Å². The number of hydrogen-bond acceptors (Lipinski definition) is 3. The second kappa shape index (κ2) is 7.35. The Hall–Kier alpha value is -3.74. The van der Waals surface area contributed by atoms with Crippen molar-refractivity contribution in [2.45, 2.75) is 6.61 Å². The van der Waals surface area contributed by atoms with Gasteiger partial charge in [-0.05, 0) is 47.5 Å². The Labute approximate surface area is 162 Å². The van der Waals surface area contributed by atoms with Gasteiger partial charge in [0.2, 0.25) is 0 Å². The standard InChI is InChI=1S/C22H13F3O4/c23-17-9-13(16-10-18(24)20(25)15-6-7-28-21(15)16)4-5-19(17)29-11-12-2-1-3-14(8-12)22(26)27/h1-10H,11H2,(H,26,27). The molecule has 0 saturated heterocycles. The van der Waals surface area contributed by atoms with Crippen molar-refractivity contribution in [3.63, 3.8) is 0 Å². The summed E-state index contributed by atoms with van der Waals surface area (Å²) < 4.78 is 52.9. The lowest BCUT2D eigenvalue weighted by Gasteiger charge is -2.10. The van der Waals surface area contributed by atoms with Crippen LogP contribution in [0.2, 0.25) is 0 Å². The molecule has 4 rings (SSSR count). The van der Waals surface area contributed by atoms with Crippen molar-refractivity contribution in [3.05, 3.63) is 89.4 Å². The zero-order chi connectivity index (χ0) is 20.5. The summed E-state index contributed by atoms with van der Waals surface area (Å²) in [5, 5.41) is 8.99. The quantitative estimate of drug-likeness (QED) is 0.462. The minimum Gasteiger partial charge on any atom is -0.486 e. The minimum absolute atomic E-state index is 0.0287. The lowest BCUT2D eigenvalue weighted by Crippen LogP contribution is -2.01. The highest BCUT2D eigenvalue weighted by atomic mass is 19.2. The van der Waals surface area contributed by atoms with Gasteiger partial charge in [0.25, 0.3) is 0 Å². The molecule has 0 aliphatic carbocycles. The van der Waals surface area contributed by atoms with E-state index in [4.69, 9.17) is 14.3 Å². The second-order valence-corrected chi connectivity index (χ2v) is 6.32. The number of carbonyl (C=O) groups is 1. The van der Waals surface area contributed by atoms with Gasteiger partial charge in [-0.25, -0.2) is 18.0 Å². The molecule has 0 aliphatic heterocycles. The number of rotatable bonds is 5. The van der Waals surface area contributed by atoms with Crippen LogP contribution in [0, 0.1) is 17.5 Å². The Morgan fingerprint density at radius 3 is 2.59 bits per heavy atom. The highest BCUT2D eigenvalue weighted by Crippen LogP contribution is 2.34. The van der Waals surface area contributed by atoms with Crippen LogP contribution in [0.1, 0.15) is 15.9 Å². The fourth-order valence-electron chi connectivity index (χ4n) is 3.03. The van der Waals surface area contributed by atoms with E-state index in [9.17, 15) is 18.0 Å². The average molecular weight is 398 g/mol. The molecule has 146 valence electrons. The van der Waals surface area contributed by atoms with E-state index < -0.39 is 23.4 Å². The number of ether oxygens (including phenoxy) is 1. The fraction of sp³-hybridized carbons (Fsp3) is 0.0455. The van der Waals surface area contributed by atoms with Crippen LogP contribution in [0.5, 0.6) is 5.75 Å². The van der Waals surface area contributed by atoms with Gasteiger partial charge in [0.05, 0.1) is 17.2 Å². The summed E-state index contributed by atoms with van der Waals surface area (Å²) in [5.74, 6) is -3.93. The lowest BCUT2D eigenvalue weighted by atomic mass is 10.0. The molecule has 1 N–H and O–H groups in total. The third-order valence-corrected chi connectivity index (χ3v) is 4.44. The molecule has 0 spiro atoms. The number of furan rings is 1. The first-order chi connectivity index (χ1) is 13.9. The number of fused-ring (bicyclic) bond motifs is 1. The number of carboxylic acids is 1. The van der Waals surface area contributed by atoms with E-state index in [0.717, 1.165) is 12.1 Å². The molecule has 4 aromatic rings. The Bertz CT molecular complexity index is 1230. The molecule has 29 heavy (non-hydrogen) atoms. The van der Waals surface area contributed by atoms with Crippen molar-refractivity contribution in [3.8, 4) is 16.9 Å². The van der Waals surface area contributed by atoms with Gasteiger partial charge in [-0.1, -0.05) is 18.2 Å². The van der Waals surface area contributed by atoms with Gasteiger partial charge in [0, 0.05) is 5.56 Å². The molecule has 0 fully saturated rings. The summed E-state index contributed by atoms with van der Waals surface area (Å²) >= 11 is 0. The van der Waals surface area contributed by atoms with E-state index in [1.807, 2.05) is 0 Å². The SMILES string of the molecule is O=C(O)c1cccc(COc2ccc(-c3cc(F)c(F)c4ccoc34)cc2F)c1. The first-order valence-electron chi connectivity index (χ1n) is 8.54. The first kappa shape index (κ1) is 18.6. The van der Waals surface area contributed by atoms with Gasteiger partial charge < -0.3 is 14.3 Å². The molecule has 0 radical (unpaired) electrons. The summed E-state index contributed by atoms with van der Waals surface area (Å²) in [5.41, 5.74) is 1.28. The molecule has 0 aliphatic rings. The Balaban J connectivity index is 1.61. The van der Waals surface area contributed by atoms with Crippen molar-refractivity contribution >= 4 is 16.9 Å². The van der Waals surface area contributed by atoms with E-state index in [1.165, 1.54) is 36.6 Å². The van der Waals surface area contributed by atoms with Crippen LogP contribution in [0.25, 0.3) is 22.1 Å². The lowest BCUT2D eigenvalue weighted by molar-refractivity contribution is 0.0696. The van der Waals surface area contributed by atoms with Crippen LogP contribution >= 0.6 is 0 Å². The van der Waals surface area contributed by atoms with Crippen molar-refractivity contribution < 1.29 is 32.2 Å². The molecule has 0 atom stereocenters. The van der Waals surface area contributed by atoms with Crippen LogP contribution in [0.15, 0.2) is 65.3 Å². The topological polar surface area (TPSA) is 59.7 Å². The predicted molar refractivity (Wildman–Crippen MR) is 99.3 cm³/mol. The van der Waals surface area contributed by atoms with E-state index in [2.05, 4.69) is 0 Å². The first-order valence-corrected chi connectivity index (χ1v) is 8.54. The number of benzene rings is 3. The Morgan fingerprint density at radius 1 is 1.00 bits per heavy atom. The molecule has 1 heterocycles. The Kier molecular flexibility index (Phi) is 4.72. The van der Waals surface area contributed by atoms with Crippen molar-refractivity contribution in [2.75, 3.05) is 0 Å². The predicted octanol–water partition coefficient (Wildman–Crippen LogP) is 5.79. The smallest absolute Gasteiger partial charge is 0.335 e. The number of halogens is 3. The van der Waals surface area contributed by atoms with Crippen LogP contribution < -0.4 is 4.74 Å². The van der Waals surface area contributed by atoms with Crippen LogP contribution in [0.3, 0.4) is 0 Å². The third-order valence-electron chi connectivity index (χ3n) is 4.44. The van der Waals surface area contributed by atoms with E-state index in [1.54, 1.807) is 12.1 Å². The van der Waals surface area contributed by atoms with Crippen molar-refractivity contribution in [1.82, 2.24) is 0 Å². The maximum Gasteiger partial charge on any atom is 0.335 e. The summed E-state index contributed by atoms with van der Waals surface area (Å²) in [6.07, 6.45) is 1.23. The van der Waals surface area contributed by atoms with Gasteiger partial charge in [-0.3, -0.25) is 0 Å². The molecular weight excluding hydrogens is 385 g/mol. The van der Waals surface area contributed by atoms with E-state index >= 15 is 0 Å². The molecule has 7 heteroatoms. The zero-order valence-corrected chi connectivity index (χ0v) is 14.8. The minimum atomic E-state index is -1.07. The monoisotopic (exact) mass is 398 g/mol. The number of aromatic carboxylic acids is 1. The highest BCUT2D eigenvalue weighted by Gasteiger charge is 2.17. The fourth-order valence-corrected chi connectivity index (χ4v) is 3.03. The average Bonchev–Trinajstić information content (AvgIpc) is 3.20. The van der Waals surface area contributed by atoms with Gasteiger partial charge in [0.1, 0.15) is 12.2 Å². The summed E-state index contributed by atoms with van der Waals surface area (Å²) in [6.45, 7) is -0.0367. The normalized spacial score (nSPS) is 11.0. The number of hydrogen-bond donors (Lipinski definition) is 1. The van der Waals surface area contributed by atoms with Crippen LogP contribution in [0.4, 0.5) is 13.2 Å². The summed E-state index contributed by atoms with van der Waals surface area (Å²) in [6, 6.07) is 12.4. The highest BCUT2D eigenvalue weighted by molar-refractivity contribution is 5.93. The van der Waals surface area contributed by atoms with Gasteiger partial charge in [-0.2, -0.15) is 0 Å². The summed E-state index contributed by atoms with van der Waals surface area (Å²) in [4.78, 5) is 11.0. The molecule has 3 aromatic carbocycles. The van der Waals surface area contributed by atoms with Gasteiger partial charge in [0.15, 0.2) is 23.2 Å². The largest absolute Gasteiger partial charge is 0.486 e. The summed E-state index contributed by atoms with van der Waals surface area (Å²) in [7, 11) is 0. The maximum absolute atomic E-state index is 14.5. The maximum atomic E-state index is 14.5. The van der Waals surface area contributed by atoms with E-state index in [-0.39, 0.29) is 34.5 Å². The zero-order valence-electron chi connectivity index (χ0n) is 14.8. The van der Waals surface area contributed by atoms with Crippen molar-refractivity contribution in [2.24, 2.45) is 0 Å². The molecule has 1 aromatic heterocycles. The molecule has 4 nitrogen and oxygen atoms in total. The molecule has 0 saturated carbocycles. The molecular formula is C22H13F3O4. The molecule has 0 amide bonds. The molecule has 0 bridgehead atoms.